The van der Waals surface area contributed by atoms with Gasteiger partial charge in [0.1, 0.15) is 48.4 Å². The van der Waals surface area contributed by atoms with Crippen molar-refractivity contribution in [2.24, 2.45) is 0 Å². The average molecular weight is 739 g/mol. The molecule has 6 rings (SSSR count). The standard InChI is InChI=1S/C46H58O8/c1-33(53-41-23-15-37(16-24-41)45(3,4)35-11-19-39(20-12-35)49-29-43-31-51-43)47-27-9-7-8-10-28-48-34(2)54-42-25-17-38(18-26-42)46(5,6)36-13-21-40(22-14-36)50-30-44-32-52-44/h11-26,33-34,43-44H,7-10,27-32H2,1-6H3. The van der Waals surface area contributed by atoms with Crippen LogP contribution in [0.15, 0.2) is 97.1 Å². The Hall–Kier alpha value is -4.08. The van der Waals surface area contributed by atoms with Gasteiger partial charge >= 0.3 is 0 Å². The molecule has 0 radical (unpaired) electrons. The maximum Gasteiger partial charge on any atom is 0.196 e. The van der Waals surface area contributed by atoms with Crippen LogP contribution in [0.4, 0.5) is 0 Å². The highest BCUT2D eigenvalue weighted by molar-refractivity contribution is 5.43. The molecule has 8 heteroatoms. The second-order valence-corrected chi connectivity index (χ2v) is 15.4. The molecule has 4 unspecified atom stereocenters. The summed E-state index contributed by atoms with van der Waals surface area (Å²) in [6, 6.07) is 33.3. The minimum absolute atomic E-state index is 0.157. The molecule has 2 aliphatic heterocycles. The minimum atomic E-state index is -0.321. The summed E-state index contributed by atoms with van der Waals surface area (Å²) < 4.78 is 46.0. The quantitative estimate of drug-likeness (QED) is 0.0423. The second kappa shape index (κ2) is 18.5. The fourth-order valence-electron chi connectivity index (χ4n) is 6.38. The van der Waals surface area contributed by atoms with Crippen LogP contribution in [-0.2, 0) is 29.8 Å². The van der Waals surface area contributed by atoms with E-state index in [4.69, 9.17) is 37.9 Å². The molecule has 290 valence electrons. The minimum Gasteiger partial charge on any atom is -0.491 e. The van der Waals surface area contributed by atoms with Crippen LogP contribution in [-0.4, -0.2) is 64.4 Å². The molecule has 0 bridgehead atoms. The first-order valence-electron chi connectivity index (χ1n) is 19.5. The van der Waals surface area contributed by atoms with Gasteiger partial charge in [-0.1, -0.05) is 89.1 Å². The van der Waals surface area contributed by atoms with E-state index in [1.54, 1.807) is 0 Å². The van der Waals surface area contributed by atoms with Gasteiger partial charge in [-0.05, 0) is 97.5 Å². The van der Waals surface area contributed by atoms with Gasteiger partial charge in [0.2, 0.25) is 0 Å². The van der Waals surface area contributed by atoms with E-state index in [2.05, 4.69) is 76.2 Å². The van der Waals surface area contributed by atoms with Crippen LogP contribution in [0.5, 0.6) is 23.0 Å². The van der Waals surface area contributed by atoms with E-state index in [-0.39, 0.29) is 35.6 Å². The van der Waals surface area contributed by atoms with Crippen LogP contribution in [0.2, 0.25) is 0 Å². The van der Waals surface area contributed by atoms with Gasteiger partial charge in [0.05, 0.1) is 26.4 Å². The lowest BCUT2D eigenvalue weighted by Gasteiger charge is -2.27. The summed E-state index contributed by atoms with van der Waals surface area (Å²) in [7, 11) is 0. The normalized spacial score (nSPS) is 17.7. The number of hydrogen-bond acceptors (Lipinski definition) is 8. The molecule has 0 amide bonds. The Morgan fingerprint density at radius 2 is 0.778 bits per heavy atom. The molecule has 2 saturated heterocycles. The first-order chi connectivity index (χ1) is 26.1. The maximum atomic E-state index is 6.05. The predicted molar refractivity (Wildman–Crippen MR) is 211 cm³/mol. The third kappa shape index (κ3) is 11.7. The zero-order valence-electron chi connectivity index (χ0n) is 32.9. The Kier molecular flexibility index (Phi) is 13.6. The van der Waals surface area contributed by atoms with Crippen molar-refractivity contribution in [1.29, 1.82) is 0 Å². The Morgan fingerprint density at radius 1 is 0.481 bits per heavy atom. The monoisotopic (exact) mass is 738 g/mol. The van der Waals surface area contributed by atoms with E-state index in [9.17, 15) is 0 Å². The fraction of sp³-hybridized carbons (Fsp3) is 0.478. The Balaban J connectivity index is 0.815. The van der Waals surface area contributed by atoms with Crippen molar-refractivity contribution in [3.8, 4) is 23.0 Å². The van der Waals surface area contributed by atoms with Gasteiger partial charge < -0.3 is 37.9 Å². The zero-order chi connectivity index (χ0) is 38.0. The molecule has 54 heavy (non-hydrogen) atoms. The molecule has 8 nitrogen and oxygen atoms in total. The number of epoxide rings is 2. The van der Waals surface area contributed by atoms with Crippen LogP contribution in [0.1, 0.15) is 89.5 Å². The highest BCUT2D eigenvalue weighted by Crippen LogP contribution is 2.35. The number of rotatable bonds is 23. The van der Waals surface area contributed by atoms with Crippen molar-refractivity contribution in [3.05, 3.63) is 119 Å². The predicted octanol–water partition coefficient (Wildman–Crippen LogP) is 9.64. The molecule has 0 N–H and O–H groups in total. The van der Waals surface area contributed by atoms with Gasteiger partial charge in [-0.25, -0.2) is 0 Å². The van der Waals surface area contributed by atoms with Gasteiger partial charge in [0.25, 0.3) is 0 Å². The Labute approximate surface area is 322 Å². The first-order valence-corrected chi connectivity index (χ1v) is 19.5. The van der Waals surface area contributed by atoms with Crippen molar-refractivity contribution >= 4 is 0 Å². The lowest BCUT2D eigenvalue weighted by molar-refractivity contribution is -0.0709. The van der Waals surface area contributed by atoms with Crippen LogP contribution in [0.25, 0.3) is 0 Å². The van der Waals surface area contributed by atoms with E-state index >= 15 is 0 Å². The second-order valence-electron chi connectivity index (χ2n) is 15.4. The number of ether oxygens (including phenoxy) is 8. The summed E-state index contributed by atoms with van der Waals surface area (Å²) in [6.07, 6.45) is 3.95. The van der Waals surface area contributed by atoms with E-state index in [1.165, 1.54) is 22.3 Å². The Bertz CT molecular complexity index is 1560. The van der Waals surface area contributed by atoms with Crippen molar-refractivity contribution in [3.63, 3.8) is 0 Å². The van der Waals surface area contributed by atoms with E-state index in [0.717, 1.165) is 61.9 Å². The fourth-order valence-corrected chi connectivity index (χ4v) is 6.38. The molecule has 4 aromatic carbocycles. The topological polar surface area (TPSA) is 80.4 Å². The molecule has 2 fully saturated rings. The number of hydrogen-bond donors (Lipinski definition) is 0. The molecule has 2 aliphatic rings. The van der Waals surface area contributed by atoms with E-state index in [0.29, 0.717) is 26.4 Å². The van der Waals surface area contributed by atoms with Crippen LogP contribution in [0, 0.1) is 0 Å². The highest BCUT2D eigenvalue weighted by Gasteiger charge is 2.26. The van der Waals surface area contributed by atoms with Crippen molar-refractivity contribution < 1.29 is 37.9 Å². The van der Waals surface area contributed by atoms with Gasteiger partial charge in [-0.3, -0.25) is 0 Å². The van der Waals surface area contributed by atoms with Crippen LogP contribution >= 0.6 is 0 Å². The molecule has 0 saturated carbocycles. The maximum absolute atomic E-state index is 6.05. The number of unbranched alkanes of at least 4 members (excludes halogenated alkanes) is 3. The van der Waals surface area contributed by atoms with Crippen LogP contribution in [0.3, 0.4) is 0 Å². The largest absolute Gasteiger partial charge is 0.491 e. The highest BCUT2D eigenvalue weighted by atomic mass is 16.7. The molecule has 2 heterocycles. The summed E-state index contributed by atoms with van der Waals surface area (Å²) >= 11 is 0. The van der Waals surface area contributed by atoms with Crippen molar-refractivity contribution in [2.45, 2.75) is 103 Å². The van der Waals surface area contributed by atoms with Gasteiger partial charge in [0, 0.05) is 10.8 Å². The molecular weight excluding hydrogens is 680 g/mol. The lowest BCUT2D eigenvalue weighted by atomic mass is 9.78. The molecular formula is C46H58O8. The van der Waals surface area contributed by atoms with E-state index in [1.807, 2.05) is 62.4 Å². The van der Waals surface area contributed by atoms with Crippen molar-refractivity contribution in [1.82, 2.24) is 0 Å². The summed E-state index contributed by atoms with van der Waals surface area (Å²) in [4.78, 5) is 0. The van der Waals surface area contributed by atoms with E-state index < -0.39 is 0 Å². The average Bonchev–Trinajstić information content (AvgIpc) is 4.12. The summed E-state index contributed by atoms with van der Waals surface area (Å²) in [5.74, 6) is 3.34. The Morgan fingerprint density at radius 3 is 1.07 bits per heavy atom. The van der Waals surface area contributed by atoms with Gasteiger partial charge in [-0.2, -0.15) is 0 Å². The lowest BCUT2D eigenvalue weighted by Crippen LogP contribution is -2.20. The smallest absolute Gasteiger partial charge is 0.196 e. The molecule has 0 spiro atoms. The van der Waals surface area contributed by atoms with Gasteiger partial charge in [0.15, 0.2) is 12.6 Å². The molecule has 0 aromatic heterocycles. The first kappa shape index (κ1) is 39.6. The third-order valence-electron chi connectivity index (χ3n) is 10.3. The molecule has 4 atom stereocenters. The SMILES string of the molecule is CC(OCCCCCCOC(C)Oc1ccc(C(C)(C)c2ccc(OCC3CO3)cc2)cc1)Oc1ccc(C(C)(C)c2ccc(OCC3CO3)cc2)cc1. The van der Waals surface area contributed by atoms with Crippen LogP contribution < -0.4 is 18.9 Å². The summed E-state index contributed by atoms with van der Waals surface area (Å²) in [5.41, 5.74) is 4.57. The number of benzene rings is 4. The summed E-state index contributed by atoms with van der Waals surface area (Å²) in [5, 5.41) is 0. The van der Waals surface area contributed by atoms with Crippen molar-refractivity contribution in [2.75, 3.05) is 39.6 Å². The van der Waals surface area contributed by atoms with Gasteiger partial charge in [-0.15, -0.1) is 0 Å². The molecule has 4 aromatic rings. The zero-order valence-corrected chi connectivity index (χ0v) is 32.9. The third-order valence-corrected chi connectivity index (χ3v) is 10.3. The molecule has 0 aliphatic carbocycles. The summed E-state index contributed by atoms with van der Waals surface area (Å²) in [6.45, 7) is 17.0.